The first-order valence-corrected chi connectivity index (χ1v) is 43.5. The highest BCUT2D eigenvalue weighted by atomic mass is 16.2. The third kappa shape index (κ3) is 22.0. The monoisotopic (exact) mass is 1580 g/mol. The van der Waals surface area contributed by atoms with Crippen LogP contribution in [-0.4, -0.2) is 178 Å². The van der Waals surface area contributed by atoms with Crippen molar-refractivity contribution in [2.24, 2.45) is 130 Å². The predicted molar refractivity (Wildman–Crippen MR) is 426 cm³/mol. The standard InChI is InChI=1S/C22H35N3O4.C22H33N3O4.2C22H33N3O3/c2*1-12-8-16-17(20(23)27)11-14-10-15(24-21(14)28)7-5-4-6-13(2)22(29)25(3)18(9-12)19(16)26;2*1-13-8-18-16(12-23)10-15-11-17(24-21(15)27)7-5-4-6-14(2)22(28)25(3)19(9-13)20(18)26/h12-18H,4-11H2,1-3H3,(H2,23,27)(H,24,28);4-5,12-18H,6-11H2,1-3H3,(H2,23,27)(H,24,28);2*13-19H,4-11H2,1-3H3,(H,24,27)/b;5-4+;;/t2*12?,13-,14-,15+,16?,17+,18-;2*13?,14-,15+,16-,17+,18?,19-/m0000/s1. The van der Waals surface area contributed by atoms with Crippen LogP contribution in [0.25, 0.3) is 0 Å². The summed E-state index contributed by atoms with van der Waals surface area (Å²) in [6.45, 7) is 16.0. The van der Waals surface area contributed by atoms with Crippen molar-refractivity contribution in [2.75, 3.05) is 28.2 Å². The average Bonchev–Trinajstić information content (AvgIpc) is 0.881. The number of allylic oxidation sites excluding steroid dienone is 1. The summed E-state index contributed by atoms with van der Waals surface area (Å²) >= 11 is 0. The molecule has 0 aromatic rings. The molecule has 8 N–H and O–H groups in total. The summed E-state index contributed by atoms with van der Waals surface area (Å²) in [5, 5.41) is 31.8. The van der Waals surface area contributed by atoms with Gasteiger partial charge in [0.15, 0.2) is 23.1 Å². The van der Waals surface area contributed by atoms with Crippen molar-refractivity contribution >= 4 is 82.2 Å². The lowest BCUT2D eigenvalue weighted by Gasteiger charge is -2.40. The van der Waals surface area contributed by atoms with E-state index in [1.54, 1.807) is 47.8 Å². The fraction of sp³-hybridized carbons (Fsp3) is 0.795. The van der Waals surface area contributed by atoms with Gasteiger partial charge in [-0.05, 0) is 178 Å². The van der Waals surface area contributed by atoms with Gasteiger partial charge >= 0.3 is 0 Å². The Hall–Kier alpha value is -7.90. The number of likely N-dealkylation sites (N-methyl/N-ethyl adjacent to an activating group) is 4. The van der Waals surface area contributed by atoms with E-state index in [9.17, 15) is 77.6 Å². The van der Waals surface area contributed by atoms with Crippen LogP contribution in [-0.2, 0) is 67.1 Å². The van der Waals surface area contributed by atoms with Crippen molar-refractivity contribution in [1.29, 1.82) is 10.5 Å². The summed E-state index contributed by atoms with van der Waals surface area (Å²) in [6.07, 6.45) is 25.4. The summed E-state index contributed by atoms with van der Waals surface area (Å²) in [5.41, 5.74) is 11.4. The molecule has 16 bridgehead atoms. The zero-order valence-electron chi connectivity index (χ0n) is 70.1. The molecule has 4 aliphatic carbocycles. The number of fused-ring (bicyclic) bond motifs is 16. The molecular formula is C88H134N12O14. The highest BCUT2D eigenvalue weighted by molar-refractivity contribution is 5.97. The van der Waals surface area contributed by atoms with E-state index in [2.05, 4.69) is 54.2 Å². The number of amides is 10. The molecule has 4 saturated carbocycles. The van der Waals surface area contributed by atoms with Crippen LogP contribution in [0.15, 0.2) is 12.2 Å². The number of nitrogens with two attached hydrogens (primary N) is 2. The Morgan fingerprint density at radius 2 is 0.588 bits per heavy atom. The summed E-state index contributed by atoms with van der Waals surface area (Å²) in [4.78, 5) is 186. The number of nitriles is 2. The Kier molecular flexibility index (Phi) is 31.8. The summed E-state index contributed by atoms with van der Waals surface area (Å²) < 4.78 is 0. The van der Waals surface area contributed by atoms with Gasteiger partial charge in [-0.25, -0.2) is 0 Å². The van der Waals surface area contributed by atoms with Crippen LogP contribution in [0.4, 0.5) is 0 Å². The maximum atomic E-state index is 13.4. The number of Topliss-reactive ketones (excluding diaryl/α,β-unsaturated/α-hetero) is 4. The normalized spacial score (nSPS) is 40.0. The molecular weight excluding hydrogens is 1450 g/mol. The van der Waals surface area contributed by atoms with Gasteiger partial charge in [-0.2, -0.15) is 10.5 Å². The second kappa shape index (κ2) is 40.3. The lowest BCUT2D eigenvalue weighted by atomic mass is 9.69. The molecule has 12 aliphatic rings. The summed E-state index contributed by atoms with van der Waals surface area (Å²) in [6, 6.07) is 3.15. The van der Waals surface area contributed by atoms with Gasteiger partial charge in [0.25, 0.3) is 0 Å². The van der Waals surface area contributed by atoms with Gasteiger partial charge in [-0.3, -0.25) is 67.1 Å². The van der Waals surface area contributed by atoms with Crippen molar-refractivity contribution < 1.29 is 67.1 Å². The number of hydrogen-bond donors (Lipinski definition) is 6. The molecule has 114 heavy (non-hydrogen) atoms. The van der Waals surface area contributed by atoms with E-state index >= 15 is 0 Å². The number of carbonyl (C=O) groups excluding carboxylic acids is 14. The maximum Gasteiger partial charge on any atom is 0.226 e. The lowest BCUT2D eigenvalue weighted by molar-refractivity contribution is -0.147. The van der Waals surface area contributed by atoms with Gasteiger partial charge in [0.2, 0.25) is 59.1 Å². The molecule has 12 rings (SSSR count). The van der Waals surface area contributed by atoms with Gasteiger partial charge in [-0.15, -0.1) is 0 Å². The minimum Gasteiger partial charge on any atom is -0.369 e. The van der Waals surface area contributed by atoms with Crippen LogP contribution in [0.5, 0.6) is 0 Å². The third-order valence-corrected chi connectivity index (χ3v) is 28.6. The Labute approximate surface area is 676 Å². The van der Waals surface area contributed by atoms with Crippen molar-refractivity contribution in [3.8, 4) is 12.1 Å². The minimum absolute atomic E-state index is 0.00322. The largest absolute Gasteiger partial charge is 0.369 e. The number of nitrogens with one attached hydrogen (secondary N) is 4. The number of nitrogens with zero attached hydrogens (tertiary/aromatic N) is 6. The van der Waals surface area contributed by atoms with E-state index in [1.165, 1.54) is 0 Å². The van der Waals surface area contributed by atoms with Crippen molar-refractivity contribution in [3.63, 3.8) is 0 Å². The van der Waals surface area contributed by atoms with Gasteiger partial charge in [0.1, 0.15) is 0 Å². The molecule has 630 valence electrons. The zero-order chi connectivity index (χ0) is 83.4. The van der Waals surface area contributed by atoms with E-state index in [0.29, 0.717) is 103 Å². The molecule has 28 atom stereocenters. The first kappa shape index (κ1) is 90.0. The molecule has 0 spiro atoms. The van der Waals surface area contributed by atoms with Gasteiger partial charge in [-0.1, -0.05) is 106 Å². The molecule has 7 saturated heterocycles. The quantitative estimate of drug-likeness (QED) is 0.141. The van der Waals surface area contributed by atoms with Gasteiger partial charge in [0, 0.05) is 135 Å². The van der Waals surface area contributed by atoms with E-state index in [1.807, 2.05) is 46.8 Å². The third-order valence-electron chi connectivity index (χ3n) is 28.6. The SMILES string of the molecule is CC1CC2C(=O)[C@H](C1)N(C)C(=O)[C@@H](C)C/C=C/C[C@@H]1C[C@@H](C[C@H]2C(N)=O)C(=O)N1.CC1CC2C(=O)[C@H](C1)N(C)C(=O)[C@@H](C)CCCC[C@@H]1C[C@@H](C[C@H]2C#N)C(=O)N1.CC1CC2C(=O)[C@H](C1)N(C)C(=O)[C@@H](C)CCCC[C@@H]1C[C@@H](C[C@H]2C#N)C(=O)N1.CC1CC2C(=O)[C@H](C1)N(C)C(=O)[C@@H](C)CCCC[C@@H]1C[C@@H](C[C@H]2C(N)=O)C(=O)N1. The number of rotatable bonds is 2. The number of carbonyl (C=O) groups is 14. The molecule has 10 amide bonds. The molecule has 8 unspecified atom stereocenters. The van der Waals surface area contributed by atoms with Crippen molar-refractivity contribution in [3.05, 3.63) is 12.2 Å². The molecule has 0 aromatic heterocycles. The fourth-order valence-electron chi connectivity index (χ4n) is 21.6. The van der Waals surface area contributed by atoms with E-state index in [-0.39, 0.29) is 177 Å². The van der Waals surface area contributed by atoms with Crippen LogP contribution < -0.4 is 32.7 Å². The average molecular weight is 1580 g/mol. The van der Waals surface area contributed by atoms with E-state index in [0.717, 1.165) is 89.9 Å². The Morgan fingerprint density at radius 1 is 0.333 bits per heavy atom. The number of ketones is 4. The molecule has 26 heteroatoms. The van der Waals surface area contributed by atoms with Gasteiger partial charge in [0.05, 0.1) is 48.1 Å². The first-order valence-electron chi connectivity index (χ1n) is 43.5. The molecule has 8 aliphatic heterocycles. The molecule has 11 fully saturated rings. The topological polar surface area (TPSA) is 400 Å². The maximum absolute atomic E-state index is 13.4. The number of hydrogen-bond acceptors (Lipinski definition) is 16. The number of primary amides is 2. The molecule has 0 radical (unpaired) electrons. The molecule has 0 aromatic carbocycles. The summed E-state index contributed by atoms with van der Waals surface area (Å²) in [7, 11) is 6.88. The van der Waals surface area contributed by atoms with Gasteiger partial charge < -0.3 is 52.3 Å². The zero-order valence-corrected chi connectivity index (χ0v) is 70.1. The molecule has 26 nitrogen and oxygen atoms in total. The summed E-state index contributed by atoms with van der Waals surface area (Å²) in [5.74, 6) is -5.89. The second-order valence-corrected chi connectivity index (χ2v) is 37.6. The highest BCUT2D eigenvalue weighted by Gasteiger charge is 2.51. The van der Waals surface area contributed by atoms with Crippen LogP contribution in [0, 0.1) is 141 Å². The van der Waals surface area contributed by atoms with Crippen molar-refractivity contribution in [1.82, 2.24) is 40.9 Å². The van der Waals surface area contributed by atoms with Crippen LogP contribution >= 0.6 is 0 Å². The fourth-order valence-corrected chi connectivity index (χ4v) is 21.6. The smallest absolute Gasteiger partial charge is 0.226 e. The Morgan fingerprint density at radius 3 is 0.895 bits per heavy atom. The van der Waals surface area contributed by atoms with Crippen molar-refractivity contribution in [2.45, 2.75) is 296 Å². The second-order valence-electron chi connectivity index (χ2n) is 37.6. The molecule has 8 heterocycles. The van der Waals surface area contributed by atoms with E-state index < -0.39 is 71.5 Å². The van der Waals surface area contributed by atoms with Crippen LogP contribution in [0.3, 0.4) is 0 Å². The first-order chi connectivity index (χ1) is 54.0. The van der Waals surface area contributed by atoms with E-state index in [4.69, 9.17) is 11.5 Å². The lowest BCUT2D eigenvalue weighted by Crippen LogP contribution is -2.53. The highest BCUT2D eigenvalue weighted by Crippen LogP contribution is 2.44. The minimum atomic E-state index is -0.677. The predicted octanol–water partition coefficient (Wildman–Crippen LogP) is 8.39. The van der Waals surface area contributed by atoms with Crippen LogP contribution in [0.1, 0.15) is 248 Å². The van der Waals surface area contributed by atoms with Crippen LogP contribution in [0.2, 0.25) is 0 Å². The Balaban J connectivity index is 0.000000174. The Bertz CT molecular complexity index is 3550.